The average Bonchev–Trinajstić information content (AvgIpc) is 2.21. The summed E-state index contributed by atoms with van der Waals surface area (Å²) in [5.74, 6) is 1.38. The van der Waals surface area contributed by atoms with Crippen LogP contribution in [-0.4, -0.2) is 28.4 Å². The lowest BCUT2D eigenvalue weighted by Crippen LogP contribution is -2.59. The van der Waals surface area contributed by atoms with E-state index in [1.165, 1.54) is 31.5 Å². The van der Waals surface area contributed by atoms with Crippen molar-refractivity contribution in [1.29, 1.82) is 0 Å². The number of amidine groups is 1. The zero-order chi connectivity index (χ0) is 12.9. The van der Waals surface area contributed by atoms with E-state index < -0.39 is 0 Å². The lowest BCUT2D eigenvalue weighted by atomic mass is 9.68. The number of fused-ring (bicyclic) bond motifs is 1. The van der Waals surface area contributed by atoms with Crippen LogP contribution in [0.25, 0.3) is 0 Å². The molecule has 2 aliphatic rings. The van der Waals surface area contributed by atoms with Crippen LogP contribution in [0, 0.1) is 5.41 Å². The number of aliphatic imine (C=N–C) groups is 1. The normalized spacial score (nSPS) is 35.2. The van der Waals surface area contributed by atoms with Crippen LogP contribution >= 0.6 is 0 Å². The molecule has 17 heavy (non-hydrogen) atoms. The molecule has 2 heteroatoms. The highest BCUT2D eigenvalue weighted by Gasteiger charge is 2.47. The number of nitrogens with zero attached hydrogens (tertiary/aromatic N) is 2. The van der Waals surface area contributed by atoms with Crippen LogP contribution in [0.5, 0.6) is 0 Å². The predicted molar refractivity (Wildman–Crippen MR) is 74.5 cm³/mol. The third-order valence-electron chi connectivity index (χ3n) is 4.83. The second kappa shape index (κ2) is 3.73. The molecule has 2 rings (SSSR count). The highest BCUT2D eigenvalue weighted by Crippen LogP contribution is 2.47. The van der Waals surface area contributed by atoms with Gasteiger partial charge in [0.2, 0.25) is 0 Å². The standard InChI is InChI=1S/C15H28N2/c1-7-17-12-15(6,11-9-14(17,4)5)10-8-13(2,3)16-12/h7-11H2,1-6H3. The Morgan fingerprint density at radius 1 is 1.00 bits per heavy atom. The van der Waals surface area contributed by atoms with Crippen molar-refractivity contribution >= 4 is 5.84 Å². The molecule has 0 aromatic carbocycles. The summed E-state index contributed by atoms with van der Waals surface area (Å²) in [6.07, 6.45) is 5.11. The van der Waals surface area contributed by atoms with Gasteiger partial charge in [-0.15, -0.1) is 0 Å². The molecule has 0 spiro atoms. The van der Waals surface area contributed by atoms with Gasteiger partial charge in [-0.3, -0.25) is 4.99 Å². The van der Waals surface area contributed by atoms with Gasteiger partial charge >= 0.3 is 0 Å². The first-order chi connectivity index (χ1) is 7.70. The molecule has 0 aromatic heterocycles. The van der Waals surface area contributed by atoms with Crippen LogP contribution < -0.4 is 0 Å². The van der Waals surface area contributed by atoms with Gasteiger partial charge < -0.3 is 4.90 Å². The fourth-order valence-electron chi connectivity index (χ4n) is 3.38. The van der Waals surface area contributed by atoms with Crippen LogP contribution in [-0.2, 0) is 0 Å². The van der Waals surface area contributed by atoms with Crippen molar-refractivity contribution in [1.82, 2.24) is 4.90 Å². The van der Waals surface area contributed by atoms with E-state index in [9.17, 15) is 0 Å². The fraction of sp³-hybridized carbons (Fsp3) is 0.933. The van der Waals surface area contributed by atoms with Gasteiger partial charge in [-0.05, 0) is 60.3 Å². The summed E-state index contributed by atoms with van der Waals surface area (Å²) in [5.41, 5.74) is 0.747. The molecule has 1 unspecified atom stereocenters. The van der Waals surface area contributed by atoms with Crippen LogP contribution in [0.2, 0.25) is 0 Å². The van der Waals surface area contributed by atoms with E-state index in [2.05, 4.69) is 46.4 Å². The summed E-state index contributed by atoms with van der Waals surface area (Å²) in [6.45, 7) is 15.0. The summed E-state index contributed by atoms with van der Waals surface area (Å²) in [6, 6.07) is 0. The third kappa shape index (κ3) is 2.11. The molecular weight excluding hydrogens is 208 g/mol. The van der Waals surface area contributed by atoms with Crippen molar-refractivity contribution in [2.24, 2.45) is 10.4 Å². The number of rotatable bonds is 1. The minimum Gasteiger partial charge on any atom is -0.355 e. The Labute approximate surface area is 106 Å². The van der Waals surface area contributed by atoms with E-state index in [0.29, 0.717) is 5.41 Å². The Hall–Kier alpha value is -0.530. The quantitative estimate of drug-likeness (QED) is 0.675. The van der Waals surface area contributed by atoms with Crippen LogP contribution in [0.4, 0.5) is 0 Å². The molecular formula is C15H28N2. The van der Waals surface area contributed by atoms with Gasteiger partial charge in [-0.1, -0.05) is 6.92 Å². The Balaban J connectivity index is 2.44. The van der Waals surface area contributed by atoms with E-state index in [1.54, 1.807) is 0 Å². The van der Waals surface area contributed by atoms with E-state index in [4.69, 9.17) is 4.99 Å². The number of hydrogen-bond donors (Lipinski definition) is 0. The molecule has 0 N–H and O–H groups in total. The largest absolute Gasteiger partial charge is 0.355 e. The van der Waals surface area contributed by atoms with Crippen LogP contribution in [0.15, 0.2) is 4.99 Å². The average molecular weight is 236 g/mol. The number of piperidine rings is 1. The maximum atomic E-state index is 5.10. The summed E-state index contributed by atoms with van der Waals surface area (Å²) in [5, 5.41) is 0. The van der Waals surface area contributed by atoms with Crippen LogP contribution in [0.1, 0.15) is 67.2 Å². The first-order valence-electron chi connectivity index (χ1n) is 7.08. The Morgan fingerprint density at radius 3 is 2.18 bits per heavy atom. The van der Waals surface area contributed by atoms with Crippen molar-refractivity contribution in [2.45, 2.75) is 78.3 Å². The highest BCUT2D eigenvalue weighted by atomic mass is 15.3. The molecule has 2 nitrogen and oxygen atoms in total. The predicted octanol–water partition coefficient (Wildman–Crippen LogP) is 3.86. The summed E-state index contributed by atoms with van der Waals surface area (Å²) in [4.78, 5) is 7.65. The topological polar surface area (TPSA) is 15.6 Å². The molecule has 2 aliphatic heterocycles. The fourth-order valence-corrected chi connectivity index (χ4v) is 3.38. The molecule has 0 saturated carbocycles. The Morgan fingerprint density at radius 2 is 1.59 bits per heavy atom. The van der Waals surface area contributed by atoms with Crippen molar-refractivity contribution in [3.8, 4) is 0 Å². The van der Waals surface area contributed by atoms with Gasteiger partial charge in [-0.25, -0.2) is 0 Å². The highest BCUT2D eigenvalue weighted by molar-refractivity contribution is 5.90. The lowest BCUT2D eigenvalue weighted by molar-refractivity contribution is 0.109. The molecule has 0 bridgehead atoms. The first kappa shape index (κ1) is 12.9. The van der Waals surface area contributed by atoms with Crippen molar-refractivity contribution in [2.75, 3.05) is 6.54 Å². The monoisotopic (exact) mass is 236 g/mol. The van der Waals surface area contributed by atoms with Gasteiger partial charge in [-0.2, -0.15) is 0 Å². The van der Waals surface area contributed by atoms with Gasteiger partial charge in [0, 0.05) is 17.5 Å². The summed E-state index contributed by atoms with van der Waals surface area (Å²) < 4.78 is 0. The number of likely N-dealkylation sites (tertiary alicyclic amines) is 1. The Kier molecular flexibility index (Phi) is 2.83. The molecule has 0 amide bonds. The smallest absolute Gasteiger partial charge is 0.106 e. The minimum atomic E-state index is 0.135. The lowest BCUT2D eigenvalue weighted by Gasteiger charge is -2.55. The van der Waals surface area contributed by atoms with E-state index in [1.807, 2.05) is 0 Å². The summed E-state index contributed by atoms with van der Waals surface area (Å²) in [7, 11) is 0. The molecule has 1 atom stereocenters. The van der Waals surface area contributed by atoms with E-state index in [-0.39, 0.29) is 11.1 Å². The molecule has 0 aliphatic carbocycles. The second-order valence-corrected chi connectivity index (χ2v) is 7.37. The van der Waals surface area contributed by atoms with Crippen molar-refractivity contribution in [3.63, 3.8) is 0 Å². The first-order valence-corrected chi connectivity index (χ1v) is 7.08. The van der Waals surface area contributed by atoms with Gasteiger partial charge in [0.05, 0.1) is 5.54 Å². The zero-order valence-electron chi connectivity index (χ0n) is 12.4. The van der Waals surface area contributed by atoms with E-state index >= 15 is 0 Å². The van der Waals surface area contributed by atoms with Crippen LogP contribution in [0.3, 0.4) is 0 Å². The van der Waals surface area contributed by atoms with Gasteiger partial charge in [0.1, 0.15) is 5.84 Å². The number of hydrogen-bond acceptors (Lipinski definition) is 2. The third-order valence-corrected chi connectivity index (χ3v) is 4.83. The summed E-state index contributed by atoms with van der Waals surface area (Å²) >= 11 is 0. The molecule has 2 heterocycles. The molecule has 1 saturated heterocycles. The maximum Gasteiger partial charge on any atom is 0.106 e. The molecule has 1 fully saturated rings. The molecule has 0 radical (unpaired) electrons. The van der Waals surface area contributed by atoms with Crippen molar-refractivity contribution in [3.05, 3.63) is 0 Å². The van der Waals surface area contributed by atoms with Crippen molar-refractivity contribution < 1.29 is 0 Å². The van der Waals surface area contributed by atoms with Gasteiger partial charge in [0.25, 0.3) is 0 Å². The van der Waals surface area contributed by atoms with E-state index in [0.717, 1.165) is 6.54 Å². The van der Waals surface area contributed by atoms with Gasteiger partial charge in [0.15, 0.2) is 0 Å². The SMILES string of the molecule is CCN1C2=NC(C)(C)CCC2(C)CCC1(C)C. The Bertz CT molecular complexity index is 341. The molecule has 0 aromatic rings. The minimum absolute atomic E-state index is 0.135. The second-order valence-electron chi connectivity index (χ2n) is 7.37. The zero-order valence-corrected chi connectivity index (χ0v) is 12.4. The molecule has 98 valence electrons. The maximum absolute atomic E-state index is 5.10.